The largest absolute Gasteiger partial charge is 0.478 e. The van der Waals surface area contributed by atoms with Crippen molar-refractivity contribution in [3.8, 4) is 0 Å². The number of aliphatic carboxylic acids is 1. The number of allylic oxidation sites excluding steroid dienone is 1. The lowest BCUT2D eigenvalue weighted by Gasteiger charge is -2.19. The van der Waals surface area contributed by atoms with Gasteiger partial charge in [-0.15, -0.1) is 0 Å². The van der Waals surface area contributed by atoms with Crippen molar-refractivity contribution >= 4 is 11.5 Å². The second kappa shape index (κ2) is 6.53. The molecule has 0 spiro atoms. The predicted octanol–water partition coefficient (Wildman–Crippen LogP) is 3.22. The van der Waals surface area contributed by atoms with Gasteiger partial charge in [0.25, 0.3) is 0 Å². The zero-order valence-corrected chi connectivity index (χ0v) is 11.8. The first kappa shape index (κ1) is 15.4. The van der Waals surface area contributed by atoms with E-state index in [0.717, 1.165) is 11.1 Å². The van der Waals surface area contributed by atoms with Crippen LogP contribution in [0.4, 0.5) is 0 Å². The normalized spacial score (nSPS) is 12.5. The molecule has 1 aromatic carbocycles. The van der Waals surface area contributed by atoms with Crippen LogP contribution >= 0.6 is 0 Å². The van der Waals surface area contributed by atoms with Crippen LogP contribution in [0.25, 0.3) is 5.57 Å². The third kappa shape index (κ3) is 4.87. The van der Waals surface area contributed by atoms with Crippen molar-refractivity contribution in [2.24, 2.45) is 0 Å². The molecular weight excluding hydrogens is 240 g/mol. The van der Waals surface area contributed by atoms with Crippen LogP contribution in [0.5, 0.6) is 0 Å². The monoisotopic (exact) mass is 262 g/mol. The van der Waals surface area contributed by atoms with E-state index in [1.807, 2.05) is 24.3 Å². The molecule has 0 aliphatic carbocycles. The standard InChI is InChI=1S/C16H22O3/c1-16(2,3)14-8-6-12(7-9-14)13(5-4-10-17)11-15(18)19/h6-9,11,17H,4-5,10H2,1-3H3,(H,18,19). The maximum Gasteiger partial charge on any atom is 0.328 e. The molecule has 104 valence electrons. The fraction of sp³-hybridized carbons (Fsp3) is 0.438. The lowest BCUT2D eigenvalue weighted by Crippen LogP contribution is -2.10. The third-order valence-electron chi connectivity index (χ3n) is 3.02. The highest BCUT2D eigenvalue weighted by molar-refractivity contribution is 5.90. The third-order valence-corrected chi connectivity index (χ3v) is 3.02. The molecule has 0 aliphatic heterocycles. The van der Waals surface area contributed by atoms with E-state index in [2.05, 4.69) is 20.8 Å². The van der Waals surface area contributed by atoms with Gasteiger partial charge in [0.2, 0.25) is 0 Å². The maximum atomic E-state index is 10.8. The SMILES string of the molecule is CC(C)(C)c1ccc(C(=CC(=O)O)CCCO)cc1. The number of carbonyl (C=O) groups is 1. The van der Waals surface area contributed by atoms with E-state index in [9.17, 15) is 4.79 Å². The van der Waals surface area contributed by atoms with Gasteiger partial charge >= 0.3 is 5.97 Å². The minimum Gasteiger partial charge on any atom is -0.478 e. The van der Waals surface area contributed by atoms with E-state index in [1.54, 1.807) is 0 Å². The van der Waals surface area contributed by atoms with Gasteiger partial charge in [-0.2, -0.15) is 0 Å². The molecule has 0 radical (unpaired) electrons. The van der Waals surface area contributed by atoms with Crippen LogP contribution < -0.4 is 0 Å². The van der Waals surface area contributed by atoms with Crippen molar-refractivity contribution in [3.05, 3.63) is 41.5 Å². The summed E-state index contributed by atoms with van der Waals surface area (Å²) >= 11 is 0. The van der Waals surface area contributed by atoms with Gasteiger partial charge in [0.1, 0.15) is 0 Å². The zero-order valence-electron chi connectivity index (χ0n) is 11.8. The smallest absolute Gasteiger partial charge is 0.328 e. The Hall–Kier alpha value is -1.61. The number of benzene rings is 1. The molecule has 0 aliphatic rings. The van der Waals surface area contributed by atoms with Crippen molar-refractivity contribution < 1.29 is 15.0 Å². The Bertz CT molecular complexity index is 450. The van der Waals surface area contributed by atoms with Crippen molar-refractivity contribution in [3.63, 3.8) is 0 Å². The topological polar surface area (TPSA) is 57.5 Å². The summed E-state index contributed by atoms with van der Waals surface area (Å²) in [5.74, 6) is -0.951. The van der Waals surface area contributed by atoms with Gasteiger partial charge in [-0.25, -0.2) is 4.79 Å². The summed E-state index contributed by atoms with van der Waals surface area (Å²) in [7, 11) is 0. The molecule has 19 heavy (non-hydrogen) atoms. The number of hydrogen-bond donors (Lipinski definition) is 2. The molecule has 0 aromatic heterocycles. The Balaban J connectivity index is 3.01. The Morgan fingerprint density at radius 1 is 1.21 bits per heavy atom. The molecule has 0 amide bonds. The molecular formula is C16H22O3. The summed E-state index contributed by atoms with van der Waals surface area (Å²) in [6, 6.07) is 7.97. The molecule has 2 N–H and O–H groups in total. The first-order valence-corrected chi connectivity index (χ1v) is 6.50. The Morgan fingerprint density at radius 2 is 1.79 bits per heavy atom. The Kier molecular flexibility index (Phi) is 5.31. The summed E-state index contributed by atoms with van der Waals surface area (Å²) in [6.07, 6.45) is 2.36. The van der Waals surface area contributed by atoms with E-state index in [4.69, 9.17) is 10.2 Å². The molecule has 0 atom stereocenters. The van der Waals surface area contributed by atoms with Gasteiger partial charge in [0.15, 0.2) is 0 Å². The number of hydrogen-bond acceptors (Lipinski definition) is 2. The predicted molar refractivity (Wildman–Crippen MR) is 77.1 cm³/mol. The number of aliphatic hydroxyl groups excluding tert-OH is 1. The fourth-order valence-corrected chi connectivity index (χ4v) is 1.90. The van der Waals surface area contributed by atoms with Crippen LogP contribution in [0.1, 0.15) is 44.7 Å². The average Bonchev–Trinajstić information content (AvgIpc) is 2.33. The van der Waals surface area contributed by atoms with Crippen LogP contribution in [-0.4, -0.2) is 22.8 Å². The van der Waals surface area contributed by atoms with Gasteiger partial charge in [-0.3, -0.25) is 0 Å². The van der Waals surface area contributed by atoms with Gasteiger partial charge in [0.05, 0.1) is 0 Å². The van der Waals surface area contributed by atoms with Crippen LogP contribution in [-0.2, 0) is 10.2 Å². The second-order valence-electron chi connectivity index (χ2n) is 5.66. The zero-order chi connectivity index (χ0) is 14.5. The van der Waals surface area contributed by atoms with Crippen molar-refractivity contribution in [1.82, 2.24) is 0 Å². The Morgan fingerprint density at radius 3 is 2.21 bits per heavy atom. The van der Waals surface area contributed by atoms with Crippen LogP contribution in [0, 0.1) is 0 Å². The summed E-state index contributed by atoms with van der Waals surface area (Å²) in [4.78, 5) is 10.8. The van der Waals surface area contributed by atoms with E-state index in [1.165, 1.54) is 11.6 Å². The van der Waals surface area contributed by atoms with Crippen LogP contribution in [0.3, 0.4) is 0 Å². The highest BCUT2D eigenvalue weighted by Gasteiger charge is 2.13. The molecule has 0 saturated heterocycles. The molecule has 0 bridgehead atoms. The maximum absolute atomic E-state index is 10.8. The number of carboxylic acid groups (broad SMARTS) is 1. The molecule has 1 aromatic rings. The molecule has 3 heteroatoms. The number of carboxylic acids is 1. The number of rotatable bonds is 5. The van der Waals surface area contributed by atoms with Crippen molar-refractivity contribution in [2.45, 2.75) is 39.0 Å². The first-order chi connectivity index (χ1) is 8.84. The quantitative estimate of drug-likeness (QED) is 0.801. The van der Waals surface area contributed by atoms with Crippen molar-refractivity contribution in [2.75, 3.05) is 6.61 Å². The highest BCUT2D eigenvalue weighted by atomic mass is 16.4. The van der Waals surface area contributed by atoms with Gasteiger partial charge in [-0.05, 0) is 35.0 Å². The van der Waals surface area contributed by atoms with Gasteiger partial charge < -0.3 is 10.2 Å². The summed E-state index contributed by atoms with van der Waals surface area (Å²) < 4.78 is 0. The van der Waals surface area contributed by atoms with Gasteiger partial charge in [0, 0.05) is 12.7 Å². The van der Waals surface area contributed by atoms with E-state index >= 15 is 0 Å². The van der Waals surface area contributed by atoms with E-state index in [0.29, 0.717) is 12.8 Å². The first-order valence-electron chi connectivity index (χ1n) is 6.50. The molecule has 0 unspecified atom stereocenters. The van der Waals surface area contributed by atoms with Crippen LogP contribution in [0.15, 0.2) is 30.3 Å². The lowest BCUT2D eigenvalue weighted by atomic mass is 9.86. The molecule has 0 heterocycles. The second-order valence-corrected chi connectivity index (χ2v) is 5.66. The fourth-order valence-electron chi connectivity index (χ4n) is 1.90. The molecule has 0 fully saturated rings. The van der Waals surface area contributed by atoms with Gasteiger partial charge in [-0.1, -0.05) is 45.0 Å². The summed E-state index contributed by atoms with van der Waals surface area (Å²) in [5, 5.41) is 17.8. The summed E-state index contributed by atoms with van der Waals surface area (Å²) in [5.41, 5.74) is 2.96. The van der Waals surface area contributed by atoms with E-state index in [-0.39, 0.29) is 12.0 Å². The van der Waals surface area contributed by atoms with Crippen LogP contribution in [0.2, 0.25) is 0 Å². The molecule has 3 nitrogen and oxygen atoms in total. The Labute approximate surface area is 114 Å². The summed E-state index contributed by atoms with van der Waals surface area (Å²) in [6.45, 7) is 6.49. The van der Waals surface area contributed by atoms with E-state index < -0.39 is 5.97 Å². The number of aliphatic hydroxyl groups is 1. The average molecular weight is 262 g/mol. The molecule has 0 saturated carbocycles. The minimum absolute atomic E-state index is 0.0665. The highest BCUT2D eigenvalue weighted by Crippen LogP contribution is 2.26. The molecule has 1 rings (SSSR count). The lowest BCUT2D eigenvalue weighted by molar-refractivity contribution is -0.131. The van der Waals surface area contributed by atoms with Crippen molar-refractivity contribution in [1.29, 1.82) is 0 Å². The minimum atomic E-state index is -0.951.